The smallest absolute Gasteiger partial charge is 0.195 e. The average Bonchev–Trinajstić information content (AvgIpc) is 3.07. The molecule has 0 spiro atoms. The highest BCUT2D eigenvalue weighted by molar-refractivity contribution is 7.12. The van der Waals surface area contributed by atoms with Gasteiger partial charge >= 0.3 is 0 Å². The molecule has 2 N–H and O–H groups in total. The first kappa shape index (κ1) is 11.9. The lowest BCUT2D eigenvalue weighted by Crippen LogP contribution is -1.97. The lowest BCUT2D eigenvalue weighted by atomic mass is 10.2. The molecule has 0 atom stereocenters. The molecule has 0 radical (unpaired) electrons. The number of hydrogen-bond acceptors (Lipinski definition) is 4. The zero-order valence-corrected chi connectivity index (χ0v) is 11.4. The van der Waals surface area contributed by atoms with Crippen molar-refractivity contribution in [2.45, 2.75) is 13.3 Å². The summed E-state index contributed by atoms with van der Waals surface area (Å²) >= 11 is 1.63. The molecule has 96 valence electrons. The second-order valence-corrected chi connectivity index (χ2v) is 5.06. The summed E-state index contributed by atoms with van der Waals surface area (Å²) in [5.74, 6) is 0.865. The molecule has 0 saturated heterocycles. The second kappa shape index (κ2) is 4.85. The van der Waals surface area contributed by atoms with Crippen molar-refractivity contribution in [3.63, 3.8) is 0 Å². The first-order chi connectivity index (χ1) is 9.28. The summed E-state index contributed by atoms with van der Waals surface area (Å²) in [6, 6.07) is 7.73. The number of nitrogens with zero attached hydrogens (tertiary/aromatic N) is 3. The van der Waals surface area contributed by atoms with Crippen LogP contribution in [0.2, 0.25) is 0 Å². The van der Waals surface area contributed by atoms with Crippen LogP contribution in [0.15, 0.2) is 42.0 Å². The molecule has 0 unspecified atom stereocenters. The van der Waals surface area contributed by atoms with Gasteiger partial charge in [0.05, 0.1) is 5.69 Å². The zero-order valence-electron chi connectivity index (χ0n) is 10.6. The van der Waals surface area contributed by atoms with E-state index in [1.165, 1.54) is 0 Å². The van der Waals surface area contributed by atoms with Gasteiger partial charge in [0.1, 0.15) is 5.82 Å². The third-order valence-electron chi connectivity index (χ3n) is 2.89. The van der Waals surface area contributed by atoms with Gasteiger partial charge < -0.3 is 5.73 Å². The molecule has 2 aromatic heterocycles. The number of rotatable bonds is 3. The Balaban J connectivity index is 2.07. The molecule has 2 heterocycles. The summed E-state index contributed by atoms with van der Waals surface area (Å²) in [5.41, 5.74) is 8.67. The molecular weight excluding hydrogens is 256 g/mol. The average molecular weight is 270 g/mol. The van der Waals surface area contributed by atoms with Gasteiger partial charge in [-0.3, -0.25) is 4.57 Å². The van der Waals surface area contributed by atoms with Crippen LogP contribution in [0.5, 0.6) is 0 Å². The highest BCUT2D eigenvalue weighted by Crippen LogP contribution is 2.24. The van der Waals surface area contributed by atoms with Gasteiger partial charge in [-0.25, -0.2) is 9.97 Å². The summed E-state index contributed by atoms with van der Waals surface area (Å²) in [6.07, 6.45) is 4.65. The van der Waals surface area contributed by atoms with Crippen molar-refractivity contribution in [1.29, 1.82) is 0 Å². The van der Waals surface area contributed by atoms with Crippen LogP contribution < -0.4 is 5.73 Å². The Kier molecular flexibility index (Phi) is 3.05. The van der Waals surface area contributed by atoms with Crippen LogP contribution in [0.25, 0.3) is 16.5 Å². The van der Waals surface area contributed by atoms with Crippen molar-refractivity contribution < 1.29 is 0 Å². The lowest BCUT2D eigenvalue weighted by molar-refractivity contribution is 0.989. The molecule has 3 aromatic rings. The van der Waals surface area contributed by atoms with Gasteiger partial charge in [0, 0.05) is 29.0 Å². The summed E-state index contributed by atoms with van der Waals surface area (Å²) in [6.45, 7) is 2.10. The van der Waals surface area contributed by atoms with Crippen LogP contribution in [-0.2, 0) is 6.42 Å². The Morgan fingerprint density at radius 3 is 3.00 bits per heavy atom. The number of imidazole rings is 1. The van der Waals surface area contributed by atoms with Gasteiger partial charge in [0.2, 0.25) is 0 Å². The van der Waals surface area contributed by atoms with E-state index in [2.05, 4.69) is 22.3 Å². The highest BCUT2D eigenvalue weighted by atomic mass is 32.1. The van der Waals surface area contributed by atoms with E-state index in [1.807, 2.05) is 35.0 Å². The first-order valence-electron chi connectivity index (χ1n) is 6.12. The van der Waals surface area contributed by atoms with Gasteiger partial charge in [-0.1, -0.05) is 19.1 Å². The number of aromatic nitrogens is 3. The van der Waals surface area contributed by atoms with Crippen LogP contribution in [-0.4, -0.2) is 14.5 Å². The molecule has 3 rings (SSSR count). The van der Waals surface area contributed by atoms with Crippen molar-refractivity contribution in [2.24, 2.45) is 0 Å². The van der Waals surface area contributed by atoms with Crippen molar-refractivity contribution in [1.82, 2.24) is 14.5 Å². The minimum atomic E-state index is 0.737. The van der Waals surface area contributed by atoms with E-state index in [4.69, 9.17) is 5.73 Å². The fraction of sp³-hybridized carbons (Fsp3) is 0.143. The monoisotopic (exact) mass is 270 g/mol. The van der Waals surface area contributed by atoms with E-state index in [-0.39, 0.29) is 0 Å². The van der Waals surface area contributed by atoms with Crippen LogP contribution >= 0.6 is 11.3 Å². The maximum absolute atomic E-state index is 5.83. The van der Waals surface area contributed by atoms with E-state index >= 15 is 0 Å². The van der Waals surface area contributed by atoms with Crippen molar-refractivity contribution in [2.75, 3.05) is 5.73 Å². The van der Waals surface area contributed by atoms with Gasteiger partial charge in [-0.05, 0) is 18.6 Å². The molecule has 4 nitrogen and oxygen atoms in total. The van der Waals surface area contributed by atoms with Crippen molar-refractivity contribution >= 4 is 17.0 Å². The summed E-state index contributed by atoms with van der Waals surface area (Å²) < 4.78 is 2.00. The molecule has 0 bridgehead atoms. The van der Waals surface area contributed by atoms with Crippen molar-refractivity contribution in [3.8, 4) is 16.5 Å². The highest BCUT2D eigenvalue weighted by Gasteiger charge is 2.10. The third kappa shape index (κ3) is 2.24. The number of nitrogens with two attached hydrogens (primary N) is 1. The summed E-state index contributed by atoms with van der Waals surface area (Å²) in [4.78, 5) is 9.00. The molecule has 0 aliphatic rings. The van der Waals surface area contributed by atoms with Gasteiger partial charge in [0.25, 0.3) is 0 Å². The predicted octanol–water partition coefficient (Wildman–Crippen LogP) is 3.14. The number of thiazole rings is 1. The molecule has 1 aromatic carbocycles. The Bertz CT molecular complexity index is 699. The van der Waals surface area contributed by atoms with E-state index in [0.29, 0.717) is 0 Å². The molecule has 0 saturated carbocycles. The number of benzene rings is 1. The van der Waals surface area contributed by atoms with Crippen LogP contribution in [0.4, 0.5) is 5.69 Å². The normalized spacial score (nSPS) is 10.8. The lowest BCUT2D eigenvalue weighted by Gasteiger charge is -2.05. The van der Waals surface area contributed by atoms with Gasteiger partial charge in [-0.15, -0.1) is 11.3 Å². The number of aryl methyl sites for hydroxylation is 1. The Hall–Kier alpha value is -2.14. The third-order valence-corrected chi connectivity index (χ3v) is 3.78. The Morgan fingerprint density at radius 2 is 2.26 bits per heavy atom. The molecule has 0 aliphatic carbocycles. The maximum atomic E-state index is 5.83. The van der Waals surface area contributed by atoms with E-state index in [1.54, 1.807) is 17.5 Å². The molecular formula is C14H14N4S. The standard InChI is InChI=1S/C14H14N4S/c1-2-12-9-19-14(17-12)18-7-6-16-13(18)10-4-3-5-11(15)8-10/h3-9H,2,15H2,1H3. The molecule has 0 amide bonds. The molecule has 5 heteroatoms. The summed E-state index contributed by atoms with van der Waals surface area (Å²) in [5, 5.41) is 3.02. The largest absolute Gasteiger partial charge is 0.399 e. The van der Waals surface area contributed by atoms with Gasteiger partial charge in [0.15, 0.2) is 5.13 Å². The predicted molar refractivity (Wildman–Crippen MR) is 78.5 cm³/mol. The Labute approximate surface area is 115 Å². The quantitative estimate of drug-likeness (QED) is 0.744. The van der Waals surface area contributed by atoms with Gasteiger partial charge in [-0.2, -0.15) is 0 Å². The number of hydrogen-bond donors (Lipinski definition) is 1. The maximum Gasteiger partial charge on any atom is 0.195 e. The van der Waals surface area contributed by atoms with Crippen molar-refractivity contribution in [3.05, 3.63) is 47.7 Å². The number of anilines is 1. The van der Waals surface area contributed by atoms with Crippen LogP contribution in [0.1, 0.15) is 12.6 Å². The van der Waals surface area contributed by atoms with E-state index in [9.17, 15) is 0 Å². The second-order valence-electron chi connectivity index (χ2n) is 4.22. The fourth-order valence-corrected chi connectivity index (χ4v) is 2.81. The topological polar surface area (TPSA) is 56.7 Å². The molecule has 0 aliphatic heterocycles. The van der Waals surface area contributed by atoms with Crippen LogP contribution in [0, 0.1) is 0 Å². The first-order valence-corrected chi connectivity index (χ1v) is 7.00. The SMILES string of the molecule is CCc1csc(-n2ccnc2-c2cccc(N)c2)n1. The zero-order chi connectivity index (χ0) is 13.2. The minimum Gasteiger partial charge on any atom is -0.399 e. The minimum absolute atomic E-state index is 0.737. The summed E-state index contributed by atoms with van der Waals surface area (Å²) in [7, 11) is 0. The fourth-order valence-electron chi connectivity index (χ4n) is 1.92. The van der Waals surface area contributed by atoms with Crippen LogP contribution in [0.3, 0.4) is 0 Å². The van der Waals surface area contributed by atoms with E-state index < -0.39 is 0 Å². The molecule has 0 fully saturated rings. The van der Waals surface area contributed by atoms with E-state index in [0.717, 1.165) is 34.3 Å². The Morgan fingerprint density at radius 1 is 1.37 bits per heavy atom. The number of nitrogen functional groups attached to an aromatic ring is 1. The molecule has 19 heavy (non-hydrogen) atoms.